The van der Waals surface area contributed by atoms with Gasteiger partial charge in [-0.25, -0.2) is 0 Å². The molecule has 0 bridgehead atoms. The maximum absolute atomic E-state index is 8.43. The first-order chi connectivity index (χ1) is 11.7. The smallest absolute Gasteiger partial charge is 0.168 e. The minimum Gasteiger partial charge on any atom is -0.168 e. The Morgan fingerprint density at radius 1 is 0.542 bits per heavy atom. The molecule has 0 spiro atoms. The van der Waals surface area contributed by atoms with Gasteiger partial charge in [-0.1, -0.05) is 0 Å². The summed E-state index contributed by atoms with van der Waals surface area (Å²) >= 11 is 0. The lowest BCUT2D eigenvalue weighted by Crippen LogP contribution is -1.91. The van der Waals surface area contributed by atoms with Gasteiger partial charge in [-0.2, -0.15) is 9.35 Å². The molecule has 0 amide bonds. The minimum atomic E-state index is -0.410. The Labute approximate surface area is 127 Å². The zero-order chi connectivity index (χ0) is 17.4. The standard InChI is InChI=1S/C4N20/c5-17-13-1-9-10-2(14-18-6)23(1)21-22-24-3(15-19-7)11-12-4(24)16-20-8. The van der Waals surface area contributed by atoms with Crippen LogP contribution in [0.4, 0.5) is 23.8 Å². The van der Waals surface area contributed by atoms with Gasteiger partial charge < -0.3 is 0 Å². The highest BCUT2D eigenvalue weighted by atomic mass is 15.7. The van der Waals surface area contributed by atoms with Crippen molar-refractivity contribution in [3.05, 3.63) is 41.8 Å². The van der Waals surface area contributed by atoms with Gasteiger partial charge in [0.1, 0.15) is 0 Å². The van der Waals surface area contributed by atoms with Crippen LogP contribution >= 0.6 is 0 Å². The molecule has 2 rings (SSSR count). The van der Waals surface area contributed by atoms with Gasteiger partial charge in [0.2, 0.25) is 23.8 Å². The van der Waals surface area contributed by atoms with E-state index in [9.17, 15) is 0 Å². The Bertz CT molecular complexity index is 820. The Morgan fingerprint density at radius 3 is 1.00 bits per heavy atom. The van der Waals surface area contributed by atoms with Gasteiger partial charge in [0.15, 0.2) is 0 Å². The Morgan fingerprint density at radius 2 is 0.792 bits per heavy atom. The van der Waals surface area contributed by atoms with Crippen LogP contribution in [0.1, 0.15) is 0 Å². The van der Waals surface area contributed by atoms with Gasteiger partial charge in [-0.05, 0) is 53.0 Å². The molecule has 0 fully saturated rings. The predicted molar refractivity (Wildman–Crippen MR) is 70.9 cm³/mol. The quantitative estimate of drug-likeness (QED) is 0.437. The van der Waals surface area contributed by atoms with E-state index in [-0.39, 0.29) is 0 Å². The van der Waals surface area contributed by atoms with Gasteiger partial charge in [0, 0.05) is 19.6 Å². The van der Waals surface area contributed by atoms with Crippen molar-refractivity contribution in [3.8, 4) is 0 Å². The fraction of sp³-hybridized carbons (Fsp3) is 0. The second-order valence-electron chi connectivity index (χ2n) is 3.16. The second-order valence-corrected chi connectivity index (χ2v) is 3.16. The van der Waals surface area contributed by atoms with E-state index in [1.165, 1.54) is 0 Å². The van der Waals surface area contributed by atoms with E-state index < -0.39 is 23.8 Å². The van der Waals surface area contributed by atoms with Gasteiger partial charge in [-0.15, -0.1) is 20.4 Å². The summed E-state index contributed by atoms with van der Waals surface area (Å²) in [6, 6.07) is 0. The largest absolute Gasteiger partial charge is 0.243 e. The van der Waals surface area contributed by atoms with Crippen LogP contribution in [-0.4, -0.2) is 29.7 Å². The number of aromatic nitrogens is 6. The first-order valence-corrected chi connectivity index (χ1v) is 5.28. The van der Waals surface area contributed by atoms with E-state index in [0.717, 1.165) is 0 Å². The highest BCUT2D eigenvalue weighted by molar-refractivity contribution is 5.28. The maximum atomic E-state index is 8.43. The normalized spacial score (nSPS) is 9.50. The van der Waals surface area contributed by atoms with Crippen molar-refractivity contribution in [1.82, 2.24) is 29.7 Å². The zero-order valence-corrected chi connectivity index (χ0v) is 10.9. The van der Waals surface area contributed by atoms with Crippen LogP contribution in [0.5, 0.6) is 0 Å². The van der Waals surface area contributed by atoms with Crippen LogP contribution in [-0.2, 0) is 0 Å². The summed E-state index contributed by atoms with van der Waals surface area (Å²) in [6.07, 6.45) is 0. The van der Waals surface area contributed by atoms with Crippen molar-refractivity contribution in [3.63, 3.8) is 0 Å². The molecule has 20 nitrogen and oxygen atoms in total. The maximum Gasteiger partial charge on any atom is 0.243 e. The molecule has 0 aromatic carbocycles. The third-order valence-corrected chi connectivity index (χ3v) is 1.97. The van der Waals surface area contributed by atoms with E-state index >= 15 is 0 Å². The lowest BCUT2D eigenvalue weighted by molar-refractivity contribution is 0.689. The molecule has 2 aromatic heterocycles. The lowest BCUT2D eigenvalue weighted by Gasteiger charge is -1.97. The molecule has 2 aromatic rings. The summed E-state index contributed by atoms with van der Waals surface area (Å²) in [5.74, 6) is -1.64. The fourth-order valence-electron chi connectivity index (χ4n) is 1.18. The molecule has 0 aliphatic carbocycles. The lowest BCUT2D eigenvalue weighted by atomic mass is 11.0. The highest BCUT2D eigenvalue weighted by Crippen LogP contribution is 2.21. The molecule has 116 valence electrons. The molecule has 2 heterocycles. The SMILES string of the molecule is [N-]=[N+]=Nc1nnc(N=[N+]=[N-])n1N=Nn1c(N=[N+]=[N-])nnc1N=[N+]=[N-]. The van der Waals surface area contributed by atoms with Crippen LogP contribution < -0.4 is 0 Å². The van der Waals surface area contributed by atoms with E-state index in [4.69, 9.17) is 22.1 Å². The van der Waals surface area contributed by atoms with Crippen molar-refractivity contribution in [1.29, 1.82) is 0 Å². The molecule has 20 heteroatoms. The second kappa shape index (κ2) is 7.22. The first-order valence-electron chi connectivity index (χ1n) is 5.28. The third-order valence-electron chi connectivity index (χ3n) is 1.97. The van der Waals surface area contributed by atoms with Crippen LogP contribution in [0, 0.1) is 0 Å². The number of hydrogen-bond acceptors (Lipinski definition) is 10. The summed E-state index contributed by atoms with van der Waals surface area (Å²) in [5, 5.41) is 33.3. The Hall–Kier alpha value is -4.88. The molecule has 0 unspecified atom stereocenters. The number of azide groups is 4. The topological polar surface area (TPSA) is 281 Å². The molecule has 0 aliphatic heterocycles. The van der Waals surface area contributed by atoms with Gasteiger partial charge in [0.05, 0.1) is 0 Å². The minimum absolute atomic E-state index is 0.410. The highest BCUT2D eigenvalue weighted by Gasteiger charge is 2.12. The van der Waals surface area contributed by atoms with Gasteiger partial charge in [-0.3, -0.25) is 0 Å². The van der Waals surface area contributed by atoms with Gasteiger partial charge >= 0.3 is 0 Å². The van der Waals surface area contributed by atoms with E-state index in [1.807, 2.05) is 0 Å². The van der Waals surface area contributed by atoms with Crippen molar-refractivity contribution >= 4 is 23.8 Å². The predicted octanol–water partition coefficient (Wildman–Crippen LogP) is 3.32. The molecule has 0 aliphatic rings. The fourth-order valence-corrected chi connectivity index (χ4v) is 1.18. The summed E-state index contributed by atoms with van der Waals surface area (Å²) in [6.45, 7) is 0. The van der Waals surface area contributed by atoms with Crippen molar-refractivity contribution in [2.75, 3.05) is 0 Å². The van der Waals surface area contributed by atoms with Crippen molar-refractivity contribution in [2.24, 2.45) is 30.9 Å². The average Bonchev–Trinajstić information content (AvgIpc) is 3.12. The Kier molecular flexibility index (Phi) is 4.67. The molecular weight excluding hydrogens is 328 g/mol. The monoisotopic (exact) mass is 328 g/mol. The summed E-state index contributed by atoms with van der Waals surface area (Å²) in [7, 11) is 0. The zero-order valence-electron chi connectivity index (χ0n) is 10.9. The number of rotatable bonds is 6. The van der Waals surface area contributed by atoms with E-state index in [2.05, 4.69) is 70.9 Å². The van der Waals surface area contributed by atoms with E-state index in [0.29, 0.717) is 9.35 Å². The summed E-state index contributed by atoms with van der Waals surface area (Å²) in [4.78, 5) is 9.92. The molecule has 0 saturated heterocycles. The summed E-state index contributed by atoms with van der Waals surface area (Å²) in [5.41, 5.74) is 33.7. The molecule has 24 heavy (non-hydrogen) atoms. The molecular formula is C4N20. The molecule has 0 saturated carbocycles. The Balaban J connectivity index is 2.59. The van der Waals surface area contributed by atoms with Crippen LogP contribution in [0.3, 0.4) is 0 Å². The molecule has 0 atom stereocenters. The van der Waals surface area contributed by atoms with Crippen LogP contribution in [0.15, 0.2) is 30.9 Å². The molecule has 0 N–H and O–H groups in total. The third kappa shape index (κ3) is 3.06. The van der Waals surface area contributed by atoms with Crippen LogP contribution in [0.2, 0.25) is 0 Å². The first kappa shape index (κ1) is 15.5. The number of hydrogen-bond donors (Lipinski definition) is 0. The average molecular weight is 328 g/mol. The van der Waals surface area contributed by atoms with Crippen molar-refractivity contribution < 1.29 is 0 Å². The van der Waals surface area contributed by atoms with Gasteiger partial charge in [0.25, 0.3) is 0 Å². The van der Waals surface area contributed by atoms with Crippen LogP contribution in [0.25, 0.3) is 41.8 Å². The number of nitrogens with zero attached hydrogens (tertiary/aromatic N) is 20. The van der Waals surface area contributed by atoms with E-state index in [1.54, 1.807) is 0 Å². The summed E-state index contributed by atoms with van der Waals surface area (Å²) < 4.78 is 1.33. The molecule has 0 radical (unpaired) electrons. The van der Waals surface area contributed by atoms with Crippen molar-refractivity contribution in [2.45, 2.75) is 0 Å².